The van der Waals surface area contributed by atoms with Crippen molar-refractivity contribution in [1.82, 2.24) is 9.91 Å². The van der Waals surface area contributed by atoms with Crippen LogP contribution in [-0.2, 0) is 9.53 Å². The Morgan fingerprint density at radius 1 is 0.971 bits per heavy atom. The molecule has 0 unspecified atom stereocenters. The number of carbonyl (C=O) groups excluding carboxylic acids is 1. The van der Waals surface area contributed by atoms with Crippen molar-refractivity contribution in [3.63, 3.8) is 0 Å². The van der Waals surface area contributed by atoms with E-state index in [1.54, 1.807) is 19.2 Å². The molecule has 6 nitrogen and oxygen atoms in total. The van der Waals surface area contributed by atoms with Gasteiger partial charge in [-0.05, 0) is 52.9 Å². The third kappa shape index (κ3) is 4.69. The quantitative estimate of drug-likeness (QED) is 0.541. The number of rotatable bonds is 6. The van der Waals surface area contributed by atoms with Crippen LogP contribution in [0.2, 0.25) is 0 Å². The molecule has 1 amide bonds. The number of nitrogens with zero attached hydrogens (tertiary/aromatic N) is 3. The highest BCUT2D eigenvalue weighted by atomic mass is 16.5. The normalized spacial score (nSPS) is 19.4. The third-order valence-electron chi connectivity index (χ3n) is 6.98. The van der Waals surface area contributed by atoms with Gasteiger partial charge in [-0.15, -0.1) is 0 Å². The molecule has 3 aromatic carbocycles. The zero-order valence-electron chi connectivity index (χ0n) is 19.8. The summed E-state index contributed by atoms with van der Waals surface area (Å²) >= 11 is 0. The van der Waals surface area contributed by atoms with E-state index in [4.69, 9.17) is 14.6 Å². The van der Waals surface area contributed by atoms with Gasteiger partial charge < -0.3 is 9.47 Å². The molecule has 5 rings (SSSR count). The molecule has 1 atom stereocenters. The maximum atomic E-state index is 13.5. The second kappa shape index (κ2) is 9.95. The smallest absolute Gasteiger partial charge is 0.257 e. The number of likely N-dealkylation sites (tertiary alicyclic amines) is 1. The van der Waals surface area contributed by atoms with Crippen molar-refractivity contribution < 1.29 is 14.3 Å². The molecule has 2 aliphatic heterocycles. The number of carbonyl (C=O) groups is 1. The number of hydrogen-bond donors (Lipinski definition) is 0. The first-order chi connectivity index (χ1) is 16.6. The van der Waals surface area contributed by atoms with Gasteiger partial charge in [-0.2, -0.15) is 5.10 Å². The lowest BCUT2D eigenvalue weighted by Crippen LogP contribution is -2.43. The molecule has 0 radical (unpaired) electrons. The Bertz CT molecular complexity index is 1180. The molecule has 0 aromatic heterocycles. The van der Waals surface area contributed by atoms with Crippen molar-refractivity contribution in [1.29, 1.82) is 0 Å². The zero-order chi connectivity index (χ0) is 23.5. The molecule has 2 aliphatic rings. The van der Waals surface area contributed by atoms with Gasteiger partial charge in [0, 0.05) is 26.6 Å². The van der Waals surface area contributed by atoms with Gasteiger partial charge in [0.2, 0.25) is 0 Å². The van der Waals surface area contributed by atoms with Crippen molar-refractivity contribution in [3.05, 3.63) is 77.9 Å². The SMILES string of the molecule is COc1ccc([C@H]2CC(c3ccc4ccccc4c3)=NN2C(=O)CN2CCC(OC)CC2)cc1. The Morgan fingerprint density at radius 2 is 1.71 bits per heavy atom. The van der Waals surface area contributed by atoms with Crippen LogP contribution in [0.4, 0.5) is 0 Å². The number of amides is 1. The lowest BCUT2D eigenvalue weighted by molar-refractivity contribution is -0.134. The predicted molar refractivity (Wildman–Crippen MR) is 134 cm³/mol. The summed E-state index contributed by atoms with van der Waals surface area (Å²) < 4.78 is 10.8. The monoisotopic (exact) mass is 457 g/mol. The number of fused-ring (bicyclic) bond motifs is 1. The second-order valence-corrected chi connectivity index (χ2v) is 9.05. The number of piperidine rings is 1. The summed E-state index contributed by atoms with van der Waals surface area (Å²) in [6.07, 6.45) is 2.89. The van der Waals surface area contributed by atoms with E-state index < -0.39 is 0 Å². The minimum Gasteiger partial charge on any atom is -0.497 e. The van der Waals surface area contributed by atoms with Gasteiger partial charge in [0.1, 0.15) is 5.75 Å². The van der Waals surface area contributed by atoms with Crippen molar-refractivity contribution >= 4 is 22.4 Å². The van der Waals surface area contributed by atoms with Crippen LogP contribution < -0.4 is 4.74 Å². The highest BCUT2D eigenvalue weighted by Crippen LogP contribution is 2.34. The minimum absolute atomic E-state index is 0.0347. The number of hydrogen-bond acceptors (Lipinski definition) is 5. The van der Waals surface area contributed by atoms with Crippen LogP contribution in [0.5, 0.6) is 5.75 Å². The maximum Gasteiger partial charge on any atom is 0.257 e. The first kappa shape index (κ1) is 22.6. The molecule has 1 saturated heterocycles. The largest absolute Gasteiger partial charge is 0.497 e. The summed E-state index contributed by atoms with van der Waals surface area (Å²) in [6, 6.07) is 22.5. The minimum atomic E-state index is -0.128. The third-order valence-corrected chi connectivity index (χ3v) is 6.98. The summed E-state index contributed by atoms with van der Waals surface area (Å²) in [6.45, 7) is 2.11. The van der Waals surface area contributed by atoms with Gasteiger partial charge >= 0.3 is 0 Å². The van der Waals surface area contributed by atoms with Crippen LogP contribution in [0.15, 0.2) is 71.8 Å². The van der Waals surface area contributed by atoms with Crippen LogP contribution in [0, 0.1) is 0 Å². The Labute approximate surface area is 200 Å². The molecule has 6 heteroatoms. The Balaban J connectivity index is 1.41. The molecular formula is C28H31N3O3. The standard InChI is InChI=1S/C28H31N3O3/c1-33-24-11-9-21(10-12-24)27-18-26(23-8-7-20-5-3-4-6-22(20)17-23)29-31(27)28(32)19-30-15-13-25(34-2)14-16-30/h3-12,17,25,27H,13-16,18-19H2,1-2H3/t27-/m1/s1. The number of benzene rings is 3. The molecular weight excluding hydrogens is 426 g/mol. The fourth-order valence-electron chi connectivity index (χ4n) is 4.94. The van der Waals surface area contributed by atoms with Gasteiger partial charge in [0.15, 0.2) is 0 Å². The Kier molecular flexibility index (Phi) is 6.61. The predicted octanol–water partition coefficient (Wildman–Crippen LogP) is 4.64. The molecule has 0 spiro atoms. The van der Waals surface area contributed by atoms with Crippen LogP contribution in [0.3, 0.4) is 0 Å². The Hall–Kier alpha value is -3.22. The van der Waals surface area contributed by atoms with Crippen LogP contribution in [0.1, 0.15) is 36.4 Å². The maximum absolute atomic E-state index is 13.5. The van der Waals surface area contributed by atoms with E-state index in [-0.39, 0.29) is 11.9 Å². The molecule has 2 heterocycles. The lowest BCUT2D eigenvalue weighted by atomic mass is 9.97. The number of methoxy groups -OCH3 is 2. The fourth-order valence-corrected chi connectivity index (χ4v) is 4.94. The summed E-state index contributed by atoms with van der Waals surface area (Å²) in [5.41, 5.74) is 3.07. The topological polar surface area (TPSA) is 54.4 Å². The summed E-state index contributed by atoms with van der Waals surface area (Å²) in [5, 5.41) is 8.96. The summed E-state index contributed by atoms with van der Waals surface area (Å²) in [7, 11) is 3.42. The molecule has 0 bridgehead atoms. The Morgan fingerprint density at radius 3 is 2.41 bits per heavy atom. The van der Waals surface area contributed by atoms with Crippen molar-refractivity contribution in [2.24, 2.45) is 5.10 Å². The van der Waals surface area contributed by atoms with Crippen molar-refractivity contribution in [2.45, 2.75) is 31.4 Å². The van der Waals surface area contributed by atoms with E-state index in [9.17, 15) is 4.79 Å². The highest BCUT2D eigenvalue weighted by molar-refractivity contribution is 6.05. The van der Waals surface area contributed by atoms with Gasteiger partial charge in [0.05, 0.1) is 31.5 Å². The first-order valence-electron chi connectivity index (χ1n) is 11.9. The van der Waals surface area contributed by atoms with Gasteiger partial charge in [-0.3, -0.25) is 9.69 Å². The molecule has 34 heavy (non-hydrogen) atoms. The van der Waals surface area contributed by atoms with Gasteiger partial charge in [-0.1, -0.05) is 48.5 Å². The average Bonchev–Trinajstić information content (AvgIpc) is 3.35. The molecule has 176 valence electrons. The van der Waals surface area contributed by atoms with E-state index in [1.807, 2.05) is 36.4 Å². The lowest BCUT2D eigenvalue weighted by Gasteiger charge is -2.32. The summed E-state index contributed by atoms with van der Waals surface area (Å²) in [5.74, 6) is 0.837. The molecule has 1 fully saturated rings. The molecule has 3 aromatic rings. The molecule has 0 aliphatic carbocycles. The van der Waals surface area contributed by atoms with E-state index in [0.29, 0.717) is 19.1 Å². The van der Waals surface area contributed by atoms with Crippen molar-refractivity contribution in [3.8, 4) is 5.75 Å². The van der Waals surface area contributed by atoms with Gasteiger partial charge in [-0.25, -0.2) is 5.01 Å². The van der Waals surface area contributed by atoms with Crippen molar-refractivity contribution in [2.75, 3.05) is 33.9 Å². The van der Waals surface area contributed by atoms with E-state index in [2.05, 4.69) is 35.2 Å². The zero-order valence-corrected chi connectivity index (χ0v) is 19.8. The number of hydrazone groups is 1. The number of ether oxygens (including phenoxy) is 2. The fraction of sp³-hybridized carbons (Fsp3) is 0.357. The summed E-state index contributed by atoms with van der Waals surface area (Å²) in [4.78, 5) is 15.7. The highest BCUT2D eigenvalue weighted by Gasteiger charge is 2.34. The van der Waals surface area contributed by atoms with Crippen LogP contribution in [-0.4, -0.2) is 61.5 Å². The van der Waals surface area contributed by atoms with Crippen LogP contribution >= 0.6 is 0 Å². The van der Waals surface area contributed by atoms with Crippen LogP contribution in [0.25, 0.3) is 10.8 Å². The molecule has 0 saturated carbocycles. The first-order valence-corrected chi connectivity index (χ1v) is 11.9. The van der Waals surface area contributed by atoms with Gasteiger partial charge in [0.25, 0.3) is 5.91 Å². The van der Waals surface area contributed by atoms with E-state index in [1.165, 1.54) is 10.8 Å². The average molecular weight is 458 g/mol. The molecule has 0 N–H and O–H groups in total. The second-order valence-electron chi connectivity index (χ2n) is 9.05. The van der Waals surface area contributed by atoms with E-state index in [0.717, 1.165) is 48.5 Å². The van der Waals surface area contributed by atoms with E-state index >= 15 is 0 Å².